The number of carbonyl (C=O) groups excluding carboxylic acids is 1. The Bertz CT molecular complexity index is 603. The number of aliphatic hydroxyl groups excluding tert-OH is 1. The van der Waals surface area contributed by atoms with Gasteiger partial charge in [0.15, 0.2) is 5.78 Å². The van der Waals surface area contributed by atoms with Crippen LogP contribution < -0.4 is 0 Å². The van der Waals surface area contributed by atoms with Crippen LogP contribution in [0.4, 0.5) is 0 Å². The van der Waals surface area contributed by atoms with Gasteiger partial charge in [-0.3, -0.25) is 4.79 Å². The second-order valence-corrected chi connectivity index (χ2v) is 8.16. The van der Waals surface area contributed by atoms with E-state index in [0.29, 0.717) is 6.42 Å². The van der Waals surface area contributed by atoms with Crippen molar-refractivity contribution in [2.75, 3.05) is 0 Å². The van der Waals surface area contributed by atoms with Gasteiger partial charge in [0, 0.05) is 17.4 Å². The van der Waals surface area contributed by atoms with Gasteiger partial charge in [-0.15, -0.1) is 0 Å². The Labute approximate surface area is 144 Å². The fourth-order valence-electron chi connectivity index (χ4n) is 4.98. The van der Waals surface area contributed by atoms with E-state index in [0.717, 1.165) is 30.4 Å². The van der Waals surface area contributed by atoms with Crippen molar-refractivity contribution in [3.8, 4) is 0 Å². The smallest absolute Gasteiger partial charge is 0.328 e. The molecule has 5 unspecified atom stereocenters. The van der Waals surface area contributed by atoms with Crippen molar-refractivity contribution >= 4 is 11.8 Å². The number of ketones is 1. The zero-order chi connectivity index (χ0) is 18.3. The van der Waals surface area contributed by atoms with E-state index in [1.54, 1.807) is 0 Å². The van der Waals surface area contributed by atoms with Crippen molar-refractivity contribution < 1.29 is 19.8 Å². The number of aliphatic carboxylic acids is 1. The SMILES string of the molecule is CC(=CC(=O)O)CCC1(C)C(C)C(=O)C(O)C2(C)C(C)=CCCC12. The number of carboxylic acid groups (broad SMARTS) is 1. The second kappa shape index (κ2) is 6.47. The van der Waals surface area contributed by atoms with Crippen LogP contribution in [0.5, 0.6) is 0 Å². The maximum atomic E-state index is 12.8. The topological polar surface area (TPSA) is 74.6 Å². The molecule has 24 heavy (non-hydrogen) atoms. The lowest BCUT2D eigenvalue weighted by Crippen LogP contribution is -2.61. The molecule has 0 radical (unpaired) electrons. The average Bonchev–Trinajstić information content (AvgIpc) is 2.51. The third-order valence-corrected chi connectivity index (χ3v) is 6.96. The molecule has 1 fully saturated rings. The van der Waals surface area contributed by atoms with Crippen molar-refractivity contribution in [1.82, 2.24) is 0 Å². The molecule has 0 amide bonds. The molecule has 0 saturated heterocycles. The van der Waals surface area contributed by atoms with Crippen LogP contribution in [0.15, 0.2) is 23.3 Å². The minimum absolute atomic E-state index is 0.0780. The molecule has 0 bridgehead atoms. The van der Waals surface area contributed by atoms with Gasteiger partial charge in [-0.25, -0.2) is 4.79 Å². The molecule has 0 heterocycles. The van der Waals surface area contributed by atoms with E-state index in [4.69, 9.17) is 5.11 Å². The Kier molecular flexibility index (Phi) is 5.10. The molecular formula is C20H30O4. The summed E-state index contributed by atoms with van der Waals surface area (Å²) >= 11 is 0. The molecule has 5 atom stereocenters. The standard InChI is InChI=1S/C20H30O4/c1-12(11-16(21)22)9-10-19(4)14(3)17(23)18(24)20(5)13(2)7-6-8-15(19)20/h7,11,14-15,18,24H,6,8-10H2,1-5H3,(H,21,22). The van der Waals surface area contributed by atoms with Gasteiger partial charge in [0.25, 0.3) is 0 Å². The van der Waals surface area contributed by atoms with Crippen molar-refractivity contribution in [2.45, 2.75) is 66.4 Å². The van der Waals surface area contributed by atoms with Crippen LogP contribution in [-0.2, 0) is 9.59 Å². The highest BCUT2D eigenvalue weighted by Crippen LogP contribution is 2.60. The molecule has 0 aromatic rings. The molecule has 4 heteroatoms. The number of allylic oxidation sites excluding steroid dienone is 2. The summed E-state index contributed by atoms with van der Waals surface area (Å²) in [6, 6.07) is 0. The first-order valence-corrected chi connectivity index (χ1v) is 8.84. The number of fused-ring (bicyclic) bond motifs is 1. The number of Topliss-reactive ketones (excluding diaryl/α,β-unsaturated/α-hetero) is 1. The van der Waals surface area contributed by atoms with Crippen molar-refractivity contribution in [1.29, 1.82) is 0 Å². The number of carbonyl (C=O) groups is 2. The Morgan fingerprint density at radius 3 is 2.62 bits per heavy atom. The van der Waals surface area contributed by atoms with E-state index in [1.807, 2.05) is 27.7 Å². The largest absolute Gasteiger partial charge is 0.478 e. The second-order valence-electron chi connectivity index (χ2n) is 8.16. The maximum absolute atomic E-state index is 12.8. The van der Waals surface area contributed by atoms with Crippen molar-refractivity contribution in [3.05, 3.63) is 23.3 Å². The molecule has 2 aliphatic rings. The van der Waals surface area contributed by atoms with Gasteiger partial charge in [0.2, 0.25) is 0 Å². The lowest BCUT2D eigenvalue weighted by molar-refractivity contribution is -0.165. The Balaban J connectivity index is 2.38. The summed E-state index contributed by atoms with van der Waals surface area (Å²) < 4.78 is 0. The fourth-order valence-corrected chi connectivity index (χ4v) is 4.98. The molecule has 0 aliphatic heterocycles. The maximum Gasteiger partial charge on any atom is 0.328 e. The van der Waals surface area contributed by atoms with Gasteiger partial charge in [-0.2, -0.15) is 0 Å². The zero-order valence-corrected chi connectivity index (χ0v) is 15.4. The summed E-state index contributed by atoms with van der Waals surface area (Å²) in [5.74, 6) is -1.02. The normalized spacial score (nSPS) is 40.1. The number of aliphatic hydroxyl groups is 1. The van der Waals surface area contributed by atoms with Gasteiger partial charge in [0.1, 0.15) is 6.10 Å². The summed E-state index contributed by atoms with van der Waals surface area (Å²) in [6.07, 6.45) is 5.80. The highest BCUT2D eigenvalue weighted by Gasteiger charge is 2.60. The van der Waals surface area contributed by atoms with Crippen molar-refractivity contribution in [3.63, 3.8) is 0 Å². The predicted molar refractivity (Wildman–Crippen MR) is 93.5 cm³/mol. The van der Waals surface area contributed by atoms with E-state index < -0.39 is 17.5 Å². The van der Waals surface area contributed by atoms with Crippen LogP contribution in [0.3, 0.4) is 0 Å². The van der Waals surface area contributed by atoms with Crippen LogP contribution in [0.25, 0.3) is 0 Å². The first-order valence-electron chi connectivity index (χ1n) is 8.84. The van der Waals surface area contributed by atoms with Crippen LogP contribution >= 0.6 is 0 Å². The van der Waals surface area contributed by atoms with Crippen LogP contribution in [-0.4, -0.2) is 28.1 Å². The first-order chi connectivity index (χ1) is 11.0. The molecule has 0 aromatic carbocycles. The molecule has 2 N–H and O–H groups in total. The van der Waals surface area contributed by atoms with E-state index in [9.17, 15) is 14.7 Å². The van der Waals surface area contributed by atoms with Crippen LogP contribution in [0, 0.1) is 22.7 Å². The Morgan fingerprint density at radius 1 is 1.42 bits per heavy atom. The summed E-state index contributed by atoms with van der Waals surface area (Å²) in [5, 5.41) is 19.6. The van der Waals surface area contributed by atoms with E-state index in [-0.39, 0.29) is 23.0 Å². The minimum atomic E-state index is -0.946. The number of hydrogen-bond acceptors (Lipinski definition) is 3. The predicted octanol–water partition coefficient (Wildman–Crippen LogP) is 3.75. The lowest BCUT2D eigenvalue weighted by atomic mass is 9.45. The molecule has 4 nitrogen and oxygen atoms in total. The van der Waals surface area contributed by atoms with E-state index >= 15 is 0 Å². The van der Waals surface area contributed by atoms with Gasteiger partial charge in [0.05, 0.1) is 0 Å². The monoisotopic (exact) mass is 334 g/mol. The quantitative estimate of drug-likeness (QED) is 0.606. The molecular weight excluding hydrogens is 304 g/mol. The highest BCUT2D eigenvalue weighted by atomic mass is 16.4. The minimum Gasteiger partial charge on any atom is -0.478 e. The Morgan fingerprint density at radius 2 is 2.04 bits per heavy atom. The summed E-state index contributed by atoms with van der Waals surface area (Å²) in [6.45, 7) is 9.95. The molecule has 2 rings (SSSR count). The average molecular weight is 334 g/mol. The molecule has 0 spiro atoms. The summed E-state index contributed by atoms with van der Waals surface area (Å²) in [7, 11) is 0. The van der Waals surface area contributed by atoms with E-state index in [2.05, 4.69) is 13.0 Å². The van der Waals surface area contributed by atoms with Crippen LogP contribution in [0.2, 0.25) is 0 Å². The number of hydrogen-bond donors (Lipinski definition) is 2. The summed E-state index contributed by atoms with van der Waals surface area (Å²) in [5.41, 5.74) is 1.17. The fraction of sp³-hybridized carbons (Fsp3) is 0.700. The summed E-state index contributed by atoms with van der Waals surface area (Å²) in [4.78, 5) is 23.6. The number of carboxylic acids is 1. The third-order valence-electron chi connectivity index (χ3n) is 6.96. The van der Waals surface area contributed by atoms with Gasteiger partial charge in [-0.1, -0.05) is 38.0 Å². The molecule has 134 valence electrons. The Hall–Kier alpha value is -1.42. The molecule has 1 saturated carbocycles. The zero-order valence-electron chi connectivity index (χ0n) is 15.4. The number of rotatable bonds is 4. The third kappa shape index (κ3) is 2.85. The van der Waals surface area contributed by atoms with Gasteiger partial charge < -0.3 is 10.2 Å². The van der Waals surface area contributed by atoms with Gasteiger partial charge in [-0.05, 0) is 50.9 Å². The van der Waals surface area contributed by atoms with Gasteiger partial charge >= 0.3 is 5.97 Å². The van der Waals surface area contributed by atoms with E-state index in [1.165, 1.54) is 6.08 Å². The molecule has 2 aliphatic carbocycles. The molecule has 0 aromatic heterocycles. The van der Waals surface area contributed by atoms with Crippen LogP contribution in [0.1, 0.15) is 60.3 Å². The van der Waals surface area contributed by atoms with Crippen molar-refractivity contribution in [2.24, 2.45) is 22.7 Å². The highest BCUT2D eigenvalue weighted by molar-refractivity contribution is 5.88. The lowest BCUT2D eigenvalue weighted by Gasteiger charge is -2.59. The first kappa shape index (κ1) is 18.9.